The lowest BCUT2D eigenvalue weighted by Crippen LogP contribution is -2.08. The van der Waals surface area contributed by atoms with Gasteiger partial charge in [0.25, 0.3) is 0 Å². The molecule has 0 unspecified atom stereocenters. The molecule has 0 aliphatic carbocycles. The van der Waals surface area contributed by atoms with Crippen LogP contribution in [0.4, 0.5) is 0 Å². The topological polar surface area (TPSA) is 65.0 Å². The third-order valence-corrected chi connectivity index (χ3v) is 4.18. The van der Waals surface area contributed by atoms with Gasteiger partial charge in [-0.15, -0.1) is 37.0 Å². The van der Waals surface area contributed by atoms with E-state index < -0.39 is 5.97 Å². The molecule has 0 aliphatic rings. The van der Waals surface area contributed by atoms with Crippen molar-refractivity contribution in [2.45, 2.75) is 57.8 Å². The van der Waals surface area contributed by atoms with Crippen LogP contribution in [0.25, 0.3) is 0 Å². The minimum absolute atomic E-state index is 0.0759. The first-order valence-electron chi connectivity index (χ1n) is 10.2. The van der Waals surface area contributed by atoms with Gasteiger partial charge in [-0.3, -0.25) is 0 Å². The van der Waals surface area contributed by atoms with E-state index in [4.69, 9.17) is 33.5 Å². The van der Waals surface area contributed by atoms with Crippen molar-refractivity contribution in [3.8, 4) is 54.3 Å². The van der Waals surface area contributed by atoms with E-state index in [-0.39, 0.29) is 5.56 Å². The van der Waals surface area contributed by atoms with Gasteiger partial charge in [0.15, 0.2) is 11.5 Å². The van der Waals surface area contributed by atoms with Crippen LogP contribution in [0.5, 0.6) is 17.2 Å². The van der Waals surface area contributed by atoms with Crippen molar-refractivity contribution in [2.75, 3.05) is 19.8 Å². The number of ether oxygens (including phenoxy) is 3. The minimum atomic E-state index is -1.06. The SMILES string of the molecule is C#CCCCCOc1cc(C(=O)O)cc(OCCCCC#C)c1OCCCCC#C. The second-order valence-corrected chi connectivity index (χ2v) is 6.64. The van der Waals surface area contributed by atoms with Crippen molar-refractivity contribution < 1.29 is 24.1 Å². The highest BCUT2D eigenvalue weighted by atomic mass is 16.5. The third kappa shape index (κ3) is 9.81. The molecule has 0 spiro atoms. The smallest absolute Gasteiger partial charge is 0.335 e. The van der Waals surface area contributed by atoms with Gasteiger partial charge >= 0.3 is 5.97 Å². The molecule has 0 radical (unpaired) electrons. The number of carbonyl (C=O) groups is 1. The number of carboxylic acids is 1. The van der Waals surface area contributed by atoms with Gasteiger partial charge in [-0.1, -0.05) is 0 Å². The molecule has 0 amide bonds. The molecule has 30 heavy (non-hydrogen) atoms. The van der Waals surface area contributed by atoms with Crippen LogP contribution in [0.1, 0.15) is 68.1 Å². The average Bonchev–Trinajstić information content (AvgIpc) is 2.74. The van der Waals surface area contributed by atoms with Crippen LogP contribution < -0.4 is 14.2 Å². The number of hydrogen-bond donors (Lipinski definition) is 1. The fourth-order valence-electron chi connectivity index (χ4n) is 2.58. The van der Waals surface area contributed by atoms with Gasteiger partial charge in [-0.05, 0) is 50.7 Å². The summed E-state index contributed by atoms with van der Waals surface area (Å²) in [7, 11) is 0. The maximum atomic E-state index is 11.6. The number of rotatable bonds is 16. The summed E-state index contributed by atoms with van der Waals surface area (Å²) < 4.78 is 17.6. The molecule has 5 nitrogen and oxygen atoms in total. The summed E-state index contributed by atoms with van der Waals surface area (Å²) in [6.45, 7) is 1.23. The predicted octanol–water partition coefficient (Wildman–Crippen LogP) is 4.93. The van der Waals surface area contributed by atoms with E-state index in [1.54, 1.807) is 0 Å². The normalized spacial score (nSPS) is 9.77. The molecular weight excluding hydrogens is 380 g/mol. The highest BCUT2D eigenvalue weighted by molar-refractivity contribution is 5.89. The first-order chi connectivity index (χ1) is 14.6. The zero-order valence-corrected chi connectivity index (χ0v) is 17.5. The van der Waals surface area contributed by atoms with E-state index in [2.05, 4.69) is 17.8 Å². The van der Waals surface area contributed by atoms with Gasteiger partial charge in [0, 0.05) is 19.3 Å². The van der Waals surface area contributed by atoms with Gasteiger partial charge in [-0.2, -0.15) is 0 Å². The Morgan fingerprint density at radius 3 is 1.50 bits per heavy atom. The fraction of sp³-hybridized carbons (Fsp3) is 0.480. The molecule has 0 heterocycles. The lowest BCUT2D eigenvalue weighted by atomic mass is 10.1. The Bertz CT molecular complexity index is 731. The van der Waals surface area contributed by atoms with Crippen molar-refractivity contribution in [2.24, 2.45) is 0 Å². The van der Waals surface area contributed by atoms with Crippen molar-refractivity contribution in [3.05, 3.63) is 17.7 Å². The predicted molar refractivity (Wildman–Crippen MR) is 118 cm³/mol. The Morgan fingerprint density at radius 2 is 1.13 bits per heavy atom. The lowest BCUT2D eigenvalue weighted by Gasteiger charge is -2.18. The molecule has 0 saturated carbocycles. The highest BCUT2D eigenvalue weighted by Gasteiger charge is 2.18. The zero-order chi connectivity index (χ0) is 22.0. The molecule has 0 atom stereocenters. The zero-order valence-electron chi connectivity index (χ0n) is 17.5. The largest absolute Gasteiger partial charge is 0.490 e. The van der Waals surface area contributed by atoms with E-state index in [1.165, 1.54) is 12.1 Å². The first kappa shape index (κ1) is 24.8. The second-order valence-electron chi connectivity index (χ2n) is 6.64. The maximum Gasteiger partial charge on any atom is 0.335 e. The van der Waals surface area contributed by atoms with Gasteiger partial charge in [0.05, 0.1) is 25.4 Å². The summed E-state index contributed by atoms with van der Waals surface area (Å²) in [4.78, 5) is 11.6. The molecule has 1 aromatic carbocycles. The van der Waals surface area contributed by atoms with Crippen LogP contribution in [0.15, 0.2) is 12.1 Å². The Labute approximate surface area is 180 Å². The number of hydrogen-bond acceptors (Lipinski definition) is 4. The number of carboxylic acid groups (broad SMARTS) is 1. The quantitative estimate of drug-likeness (QED) is 0.309. The summed E-state index contributed by atoms with van der Waals surface area (Å²) in [6, 6.07) is 2.93. The molecule has 160 valence electrons. The molecule has 1 N–H and O–H groups in total. The van der Waals surface area contributed by atoms with Crippen LogP contribution in [0.3, 0.4) is 0 Å². The third-order valence-electron chi connectivity index (χ3n) is 4.18. The van der Waals surface area contributed by atoms with E-state index >= 15 is 0 Å². The lowest BCUT2D eigenvalue weighted by molar-refractivity contribution is 0.0695. The van der Waals surface area contributed by atoms with E-state index in [9.17, 15) is 9.90 Å². The number of terminal acetylenes is 3. The summed E-state index contributed by atoms with van der Waals surface area (Å²) >= 11 is 0. The average molecular weight is 411 g/mol. The molecule has 5 heteroatoms. The van der Waals surface area contributed by atoms with Crippen molar-refractivity contribution in [3.63, 3.8) is 0 Å². The Balaban J connectivity index is 2.96. The van der Waals surface area contributed by atoms with E-state index in [0.29, 0.717) is 56.3 Å². The molecular formula is C25H30O5. The Hall–Kier alpha value is -3.23. The van der Waals surface area contributed by atoms with Crippen LogP contribution >= 0.6 is 0 Å². The van der Waals surface area contributed by atoms with Crippen LogP contribution in [-0.4, -0.2) is 30.9 Å². The minimum Gasteiger partial charge on any atom is -0.490 e. The van der Waals surface area contributed by atoms with Crippen LogP contribution in [-0.2, 0) is 0 Å². The van der Waals surface area contributed by atoms with Crippen molar-refractivity contribution in [1.82, 2.24) is 0 Å². The van der Waals surface area contributed by atoms with Gasteiger partial charge in [-0.25, -0.2) is 4.79 Å². The van der Waals surface area contributed by atoms with E-state index in [1.807, 2.05) is 0 Å². The molecule has 1 aromatic rings. The molecule has 0 aromatic heterocycles. The number of benzene rings is 1. The van der Waals surface area contributed by atoms with E-state index in [0.717, 1.165) is 38.5 Å². The van der Waals surface area contributed by atoms with Gasteiger partial charge < -0.3 is 19.3 Å². The summed E-state index contributed by atoms with van der Waals surface area (Å²) in [5, 5.41) is 9.47. The maximum absolute atomic E-state index is 11.6. The number of aromatic carboxylic acids is 1. The fourth-order valence-corrected chi connectivity index (χ4v) is 2.58. The van der Waals surface area contributed by atoms with Crippen LogP contribution in [0, 0.1) is 37.0 Å². The monoisotopic (exact) mass is 410 g/mol. The standard InChI is InChI=1S/C25H30O5/c1-4-7-10-13-16-28-22-19-21(25(26)27)20-23(29-17-14-11-8-5-2)24(22)30-18-15-12-9-6-3/h1-3,19-20H,7-18H2,(H,26,27). The molecule has 0 fully saturated rings. The first-order valence-corrected chi connectivity index (χ1v) is 10.2. The molecule has 0 aliphatic heterocycles. The van der Waals surface area contributed by atoms with Gasteiger partial charge in [0.1, 0.15) is 0 Å². The van der Waals surface area contributed by atoms with Gasteiger partial charge in [0.2, 0.25) is 5.75 Å². The summed E-state index contributed by atoms with van der Waals surface area (Å²) in [5.41, 5.74) is 0.0759. The summed E-state index contributed by atoms with van der Waals surface area (Å²) in [5.74, 6) is 7.83. The Kier molecular flexibility index (Phi) is 13.0. The highest BCUT2D eigenvalue weighted by Crippen LogP contribution is 2.39. The molecule has 0 saturated heterocycles. The Morgan fingerprint density at radius 1 is 0.733 bits per heavy atom. The molecule has 1 rings (SSSR count). The van der Waals surface area contributed by atoms with Crippen molar-refractivity contribution in [1.29, 1.82) is 0 Å². The second kappa shape index (κ2) is 15.7. The van der Waals surface area contributed by atoms with Crippen molar-refractivity contribution >= 4 is 5.97 Å². The number of unbranched alkanes of at least 4 members (excludes halogenated alkanes) is 6. The summed E-state index contributed by atoms with van der Waals surface area (Å²) in [6.07, 6.45) is 22.6. The molecule has 0 bridgehead atoms. The van der Waals surface area contributed by atoms with Crippen LogP contribution in [0.2, 0.25) is 0 Å².